The molecule has 0 aliphatic carbocycles. The molecule has 1 aromatic rings. The average molecular weight is 357 g/mol. The van der Waals surface area contributed by atoms with Crippen molar-refractivity contribution in [1.29, 1.82) is 0 Å². The largest absolute Gasteiger partial charge is 0.496 e. The third-order valence-electron chi connectivity index (χ3n) is 3.81. The molecule has 1 aliphatic heterocycles. The van der Waals surface area contributed by atoms with E-state index in [1.54, 1.807) is 7.11 Å². The molecule has 4 nitrogen and oxygen atoms in total. The lowest BCUT2D eigenvalue weighted by Crippen LogP contribution is -2.53. The summed E-state index contributed by atoms with van der Waals surface area (Å²) < 4.78 is 12.5. The summed E-state index contributed by atoms with van der Waals surface area (Å²) in [6, 6.07) is 6.20. The molecule has 2 atom stereocenters. The highest BCUT2D eigenvalue weighted by Crippen LogP contribution is 2.34. The molecule has 1 heterocycles. The Morgan fingerprint density at radius 1 is 1.52 bits per heavy atom. The van der Waals surface area contributed by atoms with Crippen LogP contribution in [0.4, 0.5) is 0 Å². The summed E-state index contributed by atoms with van der Waals surface area (Å²) in [5.74, 6) is 0.880. The highest BCUT2D eigenvalue weighted by Gasteiger charge is 2.35. The van der Waals surface area contributed by atoms with Crippen LogP contribution in [-0.2, 0) is 4.74 Å². The van der Waals surface area contributed by atoms with Gasteiger partial charge in [0.2, 0.25) is 0 Å². The monoisotopic (exact) mass is 356 g/mol. The van der Waals surface area contributed by atoms with E-state index in [4.69, 9.17) is 15.2 Å². The van der Waals surface area contributed by atoms with Gasteiger partial charge in [-0.15, -0.1) is 0 Å². The second-order valence-electron chi connectivity index (χ2n) is 6.26. The number of nitrogens with two attached hydrogens (primary N) is 1. The minimum Gasteiger partial charge on any atom is -0.496 e. The molecule has 0 saturated carbocycles. The molecule has 0 spiro atoms. The smallest absolute Gasteiger partial charge is 0.123 e. The molecule has 1 aliphatic rings. The molecule has 1 aromatic carbocycles. The lowest BCUT2D eigenvalue weighted by molar-refractivity contribution is -0.137. The molecular weight excluding hydrogens is 332 g/mol. The van der Waals surface area contributed by atoms with Crippen LogP contribution < -0.4 is 10.5 Å². The molecular formula is C16H25BrN2O2. The Labute approximate surface area is 135 Å². The van der Waals surface area contributed by atoms with Gasteiger partial charge in [0, 0.05) is 29.7 Å². The minimum absolute atomic E-state index is 0.128. The van der Waals surface area contributed by atoms with E-state index in [0.717, 1.165) is 28.9 Å². The first-order valence-corrected chi connectivity index (χ1v) is 8.11. The Balaban J connectivity index is 2.33. The van der Waals surface area contributed by atoms with Crippen molar-refractivity contribution in [2.24, 2.45) is 5.73 Å². The summed E-state index contributed by atoms with van der Waals surface area (Å²) in [5, 5.41) is 0. The molecule has 0 bridgehead atoms. The predicted octanol–water partition coefficient (Wildman–Crippen LogP) is 2.96. The van der Waals surface area contributed by atoms with Gasteiger partial charge in [-0.05, 0) is 39.0 Å². The summed E-state index contributed by atoms with van der Waals surface area (Å²) in [7, 11) is 1.70. The van der Waals surface area contributed by atoms with Crippen molar-refractivity contribution in [2.75, 3.05) is 26.7 Å². The maximum atomic E-state index is 6.09. The quantitative estimate of drug-likeness (QED) is 0.900. The fourth-order valence-corrected chi connectivity index (χ4v) is 3.56. The van der Waals surface area contributed by atoms with Gasteiger partial charge in [-0.3, -0.25) is 4.90 Å². The van der Waals surface area contributed by atoms with Gasteiger partial charge >= 0.3 is 0 Å². The zero-order valence-electron chi connectivity index (χ0n) is 13.2. The second kappa shape index (κ2) is 6.65. The van der Waals surface area contributed by atoms with Crippen molar-refractivity contribution in [1.82, 2.24) is 4.90 Å². The maximum absolute atomic E-state index is 6.09. The standard InChI is InChI=1S/C16H25BrN2O2/c1-11-9-19(10-16(2,3)21-11)14(8-18)13-7-12(17)5-6-15(13)20-4/h5-7,11,14H,8-10,18H2,1-4H3. The van der Waals surface area contributed by atoms with Crippen molar-refractivity contribution in [3.63, 3.8) is 0 Å². The maximum Gasteiger partial charge on any atom is 0.123 e. The molecule has 21 heavy (non-hydrogen) atoms. The lowest BCUT2D eigenvalue weighted by atomic mass is 9.98. The van der Waals surface area contributed by atoms with E-state index < -0.39 is 0 Å². The van der Waals surface area contributed by atoms with Crippen LogP contribution in [0.15, 0.2) is 22.7 Å². The van der Waals surface area contributed by atoms with Gasteiger partial charge < -0.3 is 15.2 Å². The predicted molar refractivity (Wildman–Crippen MR) is 88.7 cm³/mol. The number of ether oxygens (including phenoxy) is 2. The normalized spacial score (nSPS) is 23.8. The SMILES string of the molecule is COc1ccc(Br)cc1C(CN)N1CC(C)OC(C)(C)C1. The summed E-state index contributed by atoms with van der Waals surface area (Å²) in [6.07, 6.45) is 0.195. The number of rotatable bonds is 4. The third kappa shape index (κ3) is 3.97. The van der Waals surface area contributed by atoms with Gasteiger partial charge in [0.15, 0.2) is 0 Å². The van der Waals surface area contributed by atoms with Crippen molar-refractivity contribution < 1.29 is 9.47 Å². The molecule has 2 N–H and O–H groups in total. The van der Waals surface area contributed by atoms with E-state index in [0.29, 0.717) is 6.54 Å². The summed E-state index contributed by atoms with van der Waals surface area (Å²) >= 11 is 3.54. The van der Waals surface area contributed by atoms with Crippen molar-refractivity contribution in [3.8, 4) is 5.75 Å². The Kier molecular flexibility index (Phi) is 5.30. The van der Waals surface area contributed by atoms with Gasteiger partial charge in [-0.2, -0.15) is 0 Å². The van der Waals surface area contributed by atoms with Crippen molar-refractivity contribution in [2.45, 2.75) is 38.5 Å². The van der Waals surface area contributed by atoms with Crippen LogP contribution in [0.25, 0.3) is 0 Å². The minimum atomic E-state index is -0.162. The molecule has 2 unspecified atom stereocenters. The van der Waals surface area contributed by atoms with Crippen LogP contribution >= 0.6 is 15.9 Å². The van der Waals surface area contributed by atoms with Gasteiger partial charge in [0.05, 0.1) is 24.9 Å². The summed E-state index contributed by atoms with van der Waals surface area (Å²) in [5.41, 5.74) is 7.05. The molecule has 1 fully saturated rings. The number of nitrogens with zero attached hydrogens (tertiary/aromatic N) is 1. The second-order valence-corrected chi connectivity index (χ2v) is 7.17. The van der Waals surface area contributed by atoms with E-state index in [1.165, 1.54) is 0 Å². The van der Waals surface area contributed by atoms with E-state index in [1.807, 2.05) is 12.1 Å². The topological polar surface area (TPSA) is 47.7 Å². The molecule has 0 radical (unpaired) electrons. The van der Waals surface area contributed by atoms with Gasteiger partial charge in [-0.25, -0.2) is 0 Å². The van der Waals surface area contributed by atoms with Crippen LogP contribution in [0.5, 0.6) is 5.75 Å². The van der Waals surface area contributed by atoms with Crippen LogP contribution in [0, 0.1) is 0 Å². The van der Waals surface area contributed by atoms with Gasteiger partial charge in [0.1, 0.15) is 5.75 Å². The van der Waals surface area contributed by atoms with Crippen molar-refractivity contribution in [3.05, 3.63) is 28.2 Å². The molecule has 2 rings (SSSR count). The Morgan fingerprint density at radius 3 is 2.81 bits per heavy atom. The zero-order chi connectivity index (χ0) is 15.6. The number of methoxy groups -OCH3 is 1. The number of morpholine rings is 1. The van der Waals surface area contributed by atoms with E-state index in [-0.39, 0.29) is 17.7 Å². The molecule has 5 heteroatoms. The number of halogens is 1. The van der Waals surface area contributed by atoms with Crippen LogP contribution in [0.3, 0.4) is 0 Å². The first kappa shape index (κ1) is 16.7. The molecule has 0 aromatic heterocycles. The van der Waals surface area contributed by atoms with Crippen LogP contribution in [-0.4, -0.2) is 43.3 Å². The van der Waals surface area contributed by atoms with E-state index >= 15 is 0 Å². The Hall–Kier alpha value is -0.620. The molecule has 118 valence electrons. The highest BCUT2D eigenvalue weighted by atomic mass is 79.9. The first-order chi connectivity index (χ1) is 9.86. The third-order valence-corrected chi connectivity index (χ3v) is 4.30. The molecule has 1 saturated heterocycles. The highest BCUT2D eigenvalue weighted by molar-refractivity contribution is 9.10. The van der Waals surface area contributed by atoms with Crippen LogP contribution in [0.2, 0.25) is 0 Å². The Bertz CT molecular complexity index is 493. The van der Waals surface area contributed by atoms with Crippen molar-refractivity contribution >= 4 is 15.9 Å². The summed E-state index contributed by atoms with van der Waals surface area (Å²) in [6.45, 7) is 8.65. The fourth-order valence-electron chi connectivity index (χ4n) is 3.18. The molecule has 0 amide bonds. The number of benzene rings is 1. The average Bonchev–Trinajstić information content (AvgIpc) is 2.37. The fraction of sp³-hybridized carbons (Fsp3) is 0.625. The van der Waals surface area contributed by atoms with Gasteiger partial charge in [-0.1, -0.05) is 15.9 Å². The van der Waals surface area contributed by atoms with E-state index in [2.05, 4.69) is 47.7 Å². The first-order valence-electron chi connectivity index (χ1n) is 7.31. The summed E-state index contributed by atoms with van der Waals surface area (Å²) in [4.78, 5) is 2.40. The Morgan fingerprint density at radius 2 is 2.24 bits per heavy atom. The van der Waals surface area contributed by atoms with Crippen LogP contribution in [0.1, 0.15) is 32.4 Å². The lowest BCUT2D eigenvalue weighted by Gasteiger charge is -2.45. The zero-order valence-corrected chi connectivity index (χ0v) is 14.8. The number of hydrogen-bond donors (Lipinski definition) is 1. The van der Waals surface area contributed by atoms with E-state index in [9.17, 15) is 0 Å². The number of hydrogen-bond acceptors (Lipinski definition) is 4. The van der Waals surface area contributed by atoms with Gasteiger partial charge in [0.25, 0.3) is 0 Å².